The van der Waals surface area contributed by atoms with E-state index in [2.05, 4.69) is 40.8 Å². The number of anilines is 2. The Bertz CT molecular complexity index is 1520. The van der Waals surface area contributed by atoms with Crippen LogP contribution in [0.3, 0.4) is 0 Å². The number of hydrogen-bond donors (Lipinski definition) is 1. The number of nitrogens with one attached hydrogen (secondary N) is 1. The van der Waals surface area contributed by atoms with Crippen molar-refractivity contribution in [1.82, 2.24) is 10.1 Å². The van der Waals surface area contributed by atoms with Crippen molar-refractivity contribution in [2.45, 2.75) is 39.5 Å². The summed E-state index contributed by atoms with van der Waals surface area (Å²) in [5, 5.41) is 7.80. The van der Waals surface area contributed by atoms with Crippen molar-refractivity contribution in [2.24, 2.45) is 5.41 Å². The predicted molar refractivity (Wildman–Crippen MR) is 154 cm³/mol. The minimum absolute atomic E-state index is 0.296. The Morgan fingerprint density at radius 2 is 1.69 bits per heavy atom. The van der Waals surface area contributed by atoms with Crippen LogP contribution in [0.2, 0.25) is 0 Å². The molecule has 0 aliphatic heterocycles. The number of pyridine rings is 1. The van der Waals surface area contributed by atoms with Crippen molar-refractivity contribution in [3.8, 4) is 11.3 Å². The van der Waals surface area contributed by atoms with E-state index in [4.69, 9.17) is 14.2 Å². The zero-order valence-corrected chi connectivity index (χ0v) is 22.8. The first-order chi connectivity index (χ1) is 18.9. The molecule has 2 aromatic heterocycles. The molecule has 0 spiro atoms. The smallest absolute Gasteiger partial charge is 0.312 e. The number of esters is 1. The van der Waals surface area contributed by atoms with Gasteiger partial charge in [0.2, 0.25) is 0 Å². The van der Waals surface area contributed by atoms with Gasteiger partial charge in [0.05, 0.1) is 23.1 Å². The topological polar surface area (TPSA) is 77.2 Å². The molecular weight excluding hydrogens is 486 g/mol. The normalized spacial score (nSPS) is 17.0. The zero-order chi connectivity index (χ0) is 27.5. The van der Waals surface area contributed by atoms with Gasteiger partial charge in [-0.3, -0.25) is 4.79 Å². The molecule has 5 rings (SSSR count). The standard InChI is InChI=1S/C33H33N3O3/c1-5-38-31(37)32(3,4)33(21-19-25(20-22-33)24-13-8-6-9-14-24)30-29(23(2)36-39-30)35-28-18-12-17-27(34-28)26-15-10-7-11-16-26/h6-21H,5,22H2,1-4H3,(H,34,35). The highest BCUT2D eigenvalue weighted by molar-refractivity contribution is 5.83. The fourth-order valence-electron chi connectivity index (χ4n) is 5.12. The average Bonchev–Trinajstić information content (AvgIpc) is 3.34. The third-order valence-corrected chi connectivity index (χ3v) is 7.54. The molecule has 0 saturated carbocycles. The van der Waals surface area contributed by atoms with Crippen LogP contribution in [-0.4, -0.2) is 22.7 Å². The number of hydrogen-bond acceptors (Lipinski definition) is 6. The number of rotatable bonds is 8. The maximum atomic E-state index is 13.4. The van der Waals surface area contributed by atoms with Gasteiger partial charge in [0, 0.05) is 5.56 Å². The summed E-state index contributed by atoms with van der Waals surface area (Å²) in [6.07, 6.45) is 6.83. The molecule has 2 aromatic carbocycles. The molecule has 0 radical (unpaired) electrons. The molecule has 1 aliphatic carbocycles. The van der Waals surface area contributed by atoms with Crippen molar-refractivity contribution in [2.75, 3.05) is 11.9 Å². The van der Waals surface area contributed by atoms with Crippen LogP contribution >= 0.6 is 0 Å². The van der Waals surface area contributed by atoms with Crippen LogP contribution in [0.5, 0.6) is 0 Å². The minimum atomic E-state index is -0.958. The van der Waals surface area contributed by atoms with Crippen molar-refractivity contribution in [1.29, 1.82) is 0 Å². The van der Waals surface area contributed by atoms with E-state index in [9.17, 15) is 4.79 Å². The monoisotopic (exact) mass is 519 g/mol. The molecule has 0 fully saturated rings. The summed E-state index contributed by atoms with van der Waals surface area (Å²) in [7, 11) is 0. The van der Waals surface area contributed by atoms with Gasteiger partial charge in [0.25, 0.3) is 0 Å². The molecule has 0 bridgehead atoms. The summed E-state index contributed by atoms with van der Waals surface area (Å²) < 4.78 is 11.6. The van der Waals surface area contributed by atoms with Crippen LogP contribution < -0.4 is 5.32 Å². The summed E-state index contributed by atoms with van der Waals surface area (Å²) in [6, 6.07) is 26.1. The van der Waals surface area contributed by atoms with Crippen LogP contribution in [0.4, 0.5) is 11.5 Å². The molecule has 1 aliphatic rings. The van der Waals surface area contributed by atoms with Crippen molar-refractivity contribution in [3.63, 3.8) is 0 Å². The molecule has 6 heteroatoms. The number of ether oxygens (including phenoxy) is 1. The number of aryl methyl sites for hydroxylation is 1. The van der Waals surface area contributed by atoms with E-state index in [-0.39, 0.29) is 5.97 Å². The summed E-state index contributed by atoms with van der Waals surface area (Å²) >= 11 is 0. The molecular formula is C33H33N3O3. The lowest BCUT2D eigenvalue weighted by atomic mass is 9.60. The van der Waals surface area contributed by atoms with Crippen LogP contribution in [0.1, 0.15) is 44.2 Å². The maximum absolute atomic E-state index is 13.4. The van der Waals surface area contributed by atoms with Crippen LogP contribution in [0.25, 0.3) is 16.8 Å². The first-order valence-electron chi connectivity index (χ1n) is 13.2. The third kappa shape index (κ3) is 4.90. The van der Waals surface area contributed by atoms with E-state index in [0.29, 0.717) is 36.0 Å². The number of allylic oxidation sites excluding steroid dienone is 4. The van der Waals surface area contributed by atoms with Gasteiger partial charge in [-0.1, -0.05) is 90.1 Å². The number of benzene rings is 2. The molecule has 6 nitrogen and oxygen atoms in total. The fraction of sp³-hybridized carbons (Fsp3) is 0.242. The summed E-state index contributed by atoms with van der Waals surface area (Å²) in [5.74, 6) is 0.938. The maximum Gasteiger partial charge on any atom is 0.312 e. The van der Waals surface area contributed by atoms with Crippen molar-refractivity contribution < 1.29 is 14.1 Å². The molecule has 4 aromatic rings. The molecule has 39 heavy (non-hydrogen) atoms. The van der Waals surface area contributed by atoms with Crippen LogP contribution in [-0.2, 0) is 14.9 Å². The first kappa shape index (κ1) is 26.2. The molecule has 2 heterocycles. The van der Waals surface area contributed by atoms with E-state index in [1.807, 2.05) is 94.4 Å². The van der Waals surface area contributed by atoms with Gasteiger partial charge >= 0.3 is 5.97 Å². The Morgan fingerprint density at radius 1 is 1.00 bits per heavy atom. The van der Waals surface area contributed by atoms with Crippen molar-refractivity contribution >= 4 is 23.0 Å². The predicted octanol–water partition coefficient (Wildman–Crippen LogP) is 7.66. The minimum Gasteiger partial charge on any atom is -0.466 e. The Morgan fingerprint density at radius 3 is 2.33 bits per heavy atom. The number of aromatic nitrogens is 2. The van der Waals surface area contributed by atoms with Gasteiger partial charge in [0.1, 0.15) is 17.2 Å². The number of carbonyl (C=O) groups excluding carboxylic acids is 1. The summed E-state index contributed by atoms with van der Waals surface area (Å²) in [6.45, 7) is 7.82. The van der Waals surface area contributed by atoms with Gasteiger partial charge < -0.3 is 14.6 Å². The van der Waals surface area contributed by atoms with Gasteiger partial charge in [-0.2, -0.15) is 0 Å². The van der Waals surface area contributed by atoms with E-state index >= 15 is 0 Å². The lowest BCUT2D eigenvalue weighted by Crippen LogP contribution is -2.47. The highest BCUT2D eigenvalue weighted by Gasteiger charge is 2.54. The molecule has 1 N–H and O–H groups in total. The van der Waals surface area contributed by atoms with Crippen LogP contribution in [0.15, 0.2) is 102 Å². The Kier molecular flexibility index (Phi) is 7.20. The van der Waals surface area contributed by atoms with Gasteiger partial charge in [-0.05, 0) is 57.4 Å². The molecule has 0 amide bonds. The van der Waals surface area contributed by atoms with E-state index < -0.39 is 10.8 Å². The number of nitrogens with zero attached hydrogens (tertiary/aromatic N) is 2. The lowest BCUT2D eigenvalue weighted by Gasteiger charge is -2.42. The quantitative estimate of drug-likeness (QED) is 0.241. The Balaban J connectivity index is 1.57. The first-order valence-corrected chi connectivity index (χ1v) is 13.2. The second-order valence-corrected chi connectivity index (χ2v) is 10.3. The fourth-order valence-corrected chi connectivity index (χ4v) is 5.12. The number of carbonyl (C=O) groups is 1. The zero-order valence-electron chi connectivity index (χ0n) is 22.8. The van der Waals surface area contributed by atoms with Gasteiger partial charge in [-0.25, -0.2) is 4.98 Å². The third-order valence-electron chi connectivity index (χ3n) is 7.54. The summed E-state index contributed by atoms with van der Waals surface area (Å²) in [4.78, 5) is 18.2. The molecule has 1 atom stereocenters. The van der Waals surface area contributed by atoms with E-state index in [1.165, 1.54) is 0 Å². The molecule has 1 unspecified atom stereocenters. The van der Waals surface area contributed by atoms with Crippen molar-refractivity contribution in [3.05, 3.63) is 114 Å². The molecule has 0 saturated heterocycles. The second kappa shape index (κ2) is 10.7. The summed E-state index contributed by atoms with van der Waals surface area (Å²) in [5.41, 5.74) is 3.66. The lowest BCUT2D eigenvalue weighted by molar-refractivity contribution is -0.157. The van der Waals surface area contributed by atoms with Gasteiger partial charge in [-0.15, -0.1) is 0 Å². The van der Waals surface area contributed by atoms with Gasteiger partial charge in [0.15, 0.2) is 5.76 Å². The van der Waals surface area contributed by atoms with Crippen LogP contribution in [0, 0.1) is 12.3 Å². The second-order valence-electron chi connectivity index (χ2n) is 10.3. The van der Waals surface area contributed by atoms with E-state index in [1.54, 1.807) is 0 Å². The highest BCUT2D eigenvalue weighted by Crippen LogP contribution is 2.52. The molecule has 198 valence electrons. The average molecular weight is 520 g/mol. The highest BCUT2D eigenvalue weighted by atomic mass is 16.5. The Labute approximate surface area is 229 Å². The van der Waals surface area contributed by atoms with E-state index in [0.717, 1.165) is 22.4 Å². The largest absolute Gasteiger partial charge is 0.466 e. The SMILES string of the molecule is CCOC(=O)C(C)(C)C1(c2onc(C)c2Nc2cccc(-c3ccccc3)n2)C=CC(c2ccccc2)=CC1. The Hall–Kier alpha value is -4.45.